The van der Waals surface area contributed by atoms with Crippen molar-refractivity contribution in [3.63, 3.8) is 0 Å². The van der Waals surface area contributed by atoms with Crippen LogP contribution in [0.4, 0.5) is 5.69 Å². The summed E-state index contributed by atoms with van der Waals surface area (Å²) in [5.74, 6) is 0.626. The number of aryl methyl sites for hydroxylation is 1. The van der Waals surface area contributed by atoms with Gasteiger partial charge in [0.05, 0.1) is 25.5 Å². The molecule has 0 heterocycles. The second-order valence-corrected chi connectivity index (χ2v) is 8.25. The number of hydrogen-bond acceptors (Lipinski definition) is 6. The van der Waals surface area contributed by atoms with Gasteiger partial charge in [0.15, 0.2) is 18.1 Å². The quantitative estimate of drug-likeness (QED) is 0.280. The predicted molar refractivity (Wildman–Crippen MR) is 139 cm³/mol. The lowest BCUT2D eigenvalue weighted by Gasteiger charge is -2.13. The minimum Gasteiger partial charge on any atom is -0.496 e. The average molecular weight is 540 g/mol. The average Bonchev–Trinajstić information content (AvgIpc) is 2.85. The molecule has 3 rings (SSSR count). The number of halogens is 1. The molecule has 0 aliphatic heterocycles. The fourth-order valence-electron chi connectivity index (χ4n) is 3.12. The highest BCUT2D eigenvalue weighted by Crippen LogP contribution is 2.28. The Hall–Kier alpha value is -3.85. The van der Waals surface area contributed by atoms with Gasteiger partial charge in [-0.25, -0.2) is 5.43 Å². The molecule has 2 amide bonds. The van der Waals surface area contributed by atoms with E-state index in [2.05, 4.69) is 31.8 Å². The van der Waals surface area contributed by atoms with Gasteiger partial charge in [-0.05, 0) is 67.4 Å². The van der Waals surface area contributed by atoms with Crippen molar-refractivity contribution in [2.75, 3.05) is 25.6 Å². The summed E-state index contributed by atoms with van der Waals surface area (Å²) in [4.78, 5) is 24.8. The fraction of sp³-hybridized carbons (Fsp3) is 0.192. The summed E-state index contributed by atoms with van der Waals surface area (Å²) in [6.07, 6.45) is 1.49. The van der Waals surface area contributed by atoms with E-state index >= 15 is 0 Å². The van der Waals surface area contributed by atoms with Gasteiger partial charge < -0.3 is 19.5 Å². The number of ether oxygens (including phenoxy) is 3. The Kier molecular flexibility index (Phi) is 9.25. The molecule has 3 aromatic carbocycles. The predicted octanol–water partition coefficient (Wildman–Crippen LogP) is 4.95. The number of anilines is 1. The number of methoxy groups -OCH3 is 1. The SMILES string of the molecule is CCOc1cc(/C=N\NC(=O)c2cc(Br)ccc2OC)ccc1OCC(=O)Nc1ccccc1C. The Morgan fingerprint density at radius 2 is 1.77 bits per heavy atom. The van der Waals surface area contributed by atoms with Crippen LogP contribution in [0.5, 0.6) is 17.2 Å². The molecule has 0 spiro atoms. The largest absolute Gasteiger partial charge is 0.496 e. The fourth-order valence-corrected chi connectivity index (χ4v) is 3.48. The molecular weight excluding hydrogens is 514 g/mol. The molecule has 9 heteroatoms. The highest BCUT2D eigenvalue weighted by molar-refractivity contribution is 9.10. The molecule has 3 aromatic rings. The first-order chi connectivity index (χ1) is 16.9. The number of carbonyl (C=O) groups is 2. The lowest BCUT2D eigenvalue weighted by molar-refractivity contribution is -0.118. The Morgan fingerprint density at radius 1 is 1.00 bits per heavy atom. The van der Waals surface area contributed by atoms with E-state index in [1.165, 1.54) is 13.3 Å². The third kappa shape index (κ3) is 7.31. The zero-order valence-corrected chi connectivity index (χ0v) is 21.2. The summed E-state index contributed by atoms with van der Waals surface area (Å²) >= 11 is 3.34. The summed E-state index contributed by atoms with van der Waals surface area (Å²) in [7, 11) is 1.49. The summed E-state index contributed by atoms with van der Waals surface area (Å²) in [5.41, 5.74) is 5.21. The zero-order chi connectivity index (χ0) is 25.2. The van der Waals surface area contributed by atoms with Crippen molar-refractivity contribution in [3.8, 4) is 17.2 Å². The number of carbonyl (C=O) groups excluding carboxylic acids is 2. The van der Waals surface area contributed by atoms with Crippen molar-refractivity contribution in [1.29, 1.82) is 0 Å². The molecule has 0 aromatic heterocycles. The van der Waals surface area contributed by atoms with Crippen LogP contribution in [0, 0.1) is 6.92 Å². The van der Waals surface area contributed by atoms with Gasteiger partial charge in [0.25, 0.3) is 11.8 Å². The Bertz CT molecular complexity index is 1230. The number of nitrogens with zero attached hydrogens (tertiary/aromatic N) is 1. The Balaban J connectivity index is 1.64. The third-order valence-electron chi connectivity index (χ3n) is 4.83. The van der Waals surface area contributed by atoms with Crippen molar-refractivity contribution < 1.29 is 23.8 Å². The van der Waals surface area contributed by atoms with E-state index in [0.717, 1.165) is 15.7 Å². The number of hydrazone groups is 1. The normalized spacial score (nSPS) is 10.6. The number of nitrogens with one attached hydrogen (secondary N) is 2. The smallest absolute Gasteiger partial charge is 0.275 e. The van der Waals surface area contributed by atoms with E-state index in [1.54, 1.807) is 36.4 Å². The van der Waals surface area contributed by atoms with Crippen LogP contribution in [-0.2, 0) is 4.79 Å². The summed E-state index contributed by atoms with van der Waals surface area (Å²) in [6.45, 7) is 4.00. The van der Waals surface area contributed by atoms with Crippen molar-refractivity contribution in [1.82, 2.24) is 5.43 Å². The van der Waals surface area contributed by atoms with Crippen LogP contribution in [0.3, 0.4) is 0 Å². The standard InChI is InChI=1S/C26H26BrN3O5/c1-4-34-24-13-18(15-28-30-26(32)20-14-19(27)10-12-22(20)33-3)9-11-23(24)35-16-25(31)29-21-8-6-5-7-17(21)2/h5-15H,4,16H2,1-3H3,(H,29,31)(H,30,32)/b28-15-. The number of amides is 2. The van der Waals surface area contributed by atoms with Crippen molar-refractivity contribution in [2.24, 2.45) is 5.10 Å². The molecule has 0 atom stereocenters. The third-order valence-corrected chi connectivity index (χ3v) is 5.32. The number of benzene rings is 3. The Morgan fingerprint density at radius 3 is 2.51 bits per heavy atom. The van der Waals surface area contributed by atoms with E-state index < -0.39 is 5.91 Å². The van der Waals surface area contributed by atoms with E-state index in [0.29, 0.717) is 35.0 Å². The van der Waals surface area contributed by atoms with Crippen LogP contribution in [0.25, 0.3) is 0 Å². The molecule has 0 saturated heterocycles. The first-order valence-electron chi connectivity index (χ1n) is 10.8. The first-order valence-corrected chi connectivity index (χ1v) is 11.6. The molecule has 0 saturated carbocycles. The van der Waals surface area contributed by atoms with Gasteiger partial charge in [-0.3, -0.25) is 9.59 Å². The maximum atomic E-state index is 12.5. The second kappa shape index (κ2) is 12.6. The summed E-state index contributed by atoms with van der Waals surface area (Å²) in [5, 5.41) is 6.86. The number of para-hydroxylation sites is 1. The van der Waals surface area contributed by atoms with Gasteiger partial charge in [-0.1, -0.05) is 34.1 Å². The molecule has 0 unspecified atom stereocenters. The minimum atomic E-state index is -0.413. The highest BCUT2D eigenvalue weighted by Gasteiger charge is 2.13. The summed E-state index contributed by atoms with van der Waals surface area (Å²) in [6, 6.07) is 17.8. The van der Waals surface area contributed by atoms with Crippen LogP contribution in [-0.4, -0.2) is 38.4 Å². The minimum absolute atomic E-state index is 0.174. The van der Waals surface area contributed by atoms with Gasteiger partial charge in [-0.2, -0.15) is 5.10 Å². The van der Waals surface area contributed by atoms with Gasteiger partial charge >= 0.3 is 0 Å². The van der Waals surface area contributed by atoms with Crippen molar-refractivity contribution >= 4 is 39.6 Å². The van der Waals surface area contributed by atoms with Crippen molar-refractivity contribution in [3.05, 3.63) is 81.8 Å². The molecule has 0 fully saturated rings. The number of hydrogen-bond donors (Lipinski definition) is 2. The van der Waals surface area contributed by atoms with Crippen molar-refractivity contribution in [2.45, 2.75) is 13.8 Å². The van der Waals surface area contributed by atoms with E-state index in [4.69, 9.17) is 14.2 Å². The van der Waals surface area contributed by atoms with E-state index in [9.17, 15) is 9.59 Å². The maximum Gasteiger partial charge on any atom is 0.275 e. The topological polar surface area (TPSA) is 98.2 Å². The zero-order valence-electron chi connectivity index (χ0n) is 19.6. The van der Waals surface area contributed by atoms with Gasteiger partial charge in [0.2, 0.25) is 0 Å². The molecule has 182 valence electrons. The summed E-state index contributed by atoms with van der Waals surface area (Å²) < 4.78 is 17.3. The molecule has 8 nitrogen and oxygen atoms in total. The highest BCUT2D eigenvalue weighted by atomic mass is 79.9. The van der Waals surface area contributed by atoms with Crippen LogP contribution < -0.4 is 25.0 Å². The van der Waals surface area contributed by atoms with Crippen LogP contribution in [0.15, 0.2) is 70.2 Å². The lowest BCUT2D eigenvalue weighted by atomic mass is 10.2. The van der Waals surface area contributed by atoms with Crippen LogP contribution >= 0.6 is 15.9 Å². The molecule has 35 heavy (non-hydrogen) atoms. The molecular formula is C26H26BrN3O5. The van der Waals surface area contributed by atoms with Gasteiger partial charge in [-0.15, -0.1) is 0 Å². The molecule has 0 aliphatic carbocycles. The maximum absolute atomic E-state index is 12.5. The molecule has 0 bridgehead atoms. The second-order valence-electron chi connectivity index (χ2n) is 7.33. The lowest BCUT2D eigenvalue weighted by Crippen LogP contribution is -2.21. The van der Waals surface area contributed by atoms with Crippen LogP contribution in [0.2, 0.25) is 0 Å². The van der Waals surface area contributed by atoms with Gasteiger partial charge in [0.1, 0.15) is 5.75 Å². The van der Waals surface area contributed by atoms with Crippen LogP contribution in [0.1, 0.15) is 28.4 Å². The van der Waals surface area contributed by atoms with E-state index in [-0.39, 0.29) is 12.5 Å². The number of rotatable bonds is 10. The monoisotopic (exact) mass is 539 g/mol. The van der Waals surface area contributed by atoms with Gasteiger partial charge in [0, 0.05) is 10.2 Å². The molecule has 2 N–H and O–H groups in total. The molecule has 0 radical (unpaired) electrons. The van der Waals surface area contributed by atoms with E-state index in [1.807, 2.05) is 38.1 Å². The molecule has 0 aliphatic rings. The first kappa shape index (κ1) is 25.8. The Labute approximate surface area is 212 Å².